The summed E-state index contributed by atoms with van der Waals surface area (Å²) in [5, 5.41) is 9.84. The molecular formula is C13H10ClNO4. The van der Waals surface area contributed by atoms with Crippen molar-refractivity contribution in [2.75, 3.05) is 13.2 Å². The predicted molar refractivity (Wildman–Crippen MR) is 69.4 cm³/mol. The smallest absolute Gasteiger partial charge is 0.339 e. The summed E-state index contributed by atoms with van der Waals surface area (Å²) in [7, 11) is 0. The third-order valence-corrected chi connectivity index (χ3v) is 3.35. The lowest BCUT2D eigenvalue weighted by Gasteiger charge is -2.19. The molecule has 0 saturated heterocycles. The standard InChI is InChI=1S/C13H10ClNO4/c1-6-7-4-9-10(19-3-2-18-9)5-8(7)15-12(14)11(6)13(16)17/h4-5H,2-3H2,1H3,(H,16,17). The van der Waals surface area contributed by atoms with Gasteiger partial charge in [0.1, 0.15) is 23.9 Å². The minimum atomic E-state index is -1.09. The number of hydrogen-bond donors (Lipinski definition) is 1. The van der Waals surface area contributed by atoms with Gasteiger partial charge in [0, 0.05) is 11.5 Å². The zero-order valence-corrected chi connectivity index (χ0v) is 10.8. The number of halogens is 1. The number of ether oxygens (including phenoxy) is 2. The fourth-order valence-electron chi connectivity index (χ4n) is 2.17. The van der Waals surface area contributed by atoms with Gasteiger partial charge in [0.25, 0.3) is 0 Å². The summed E-state index contributed by atoms with van der Waals surface area (Å²) in [5.41, 5.74) is 1.18. The Morgan fingerprint density at radius 3 is 2.58 bits per heavy atom. The van der Waals surface area contributed by atoms with Gasteiger partial charge < -0.3 is 14.6 Å². The number of carbonyl (C=O) groups is 1. The maximum atomic E-state index is 11.2. The molecule has 0 bridgehead atoms. The molecule has 0 atom stereocenters. The van der Waals surface area contributed by atoms with Crippen LogP contribution >= 0.6 is 11.6 Å². The monoisotopic (exact) mass is 279 g/mol. The van der Waals surface area contributed by atoms with Crippen LogP contribution in [0.1, 0.15) is 15.9 Å². The van der Waals surface area contributed by atoms with Crippen LogP contribution in [0, 0.1) is 6.92 Å². The molecule has 1 aromatic heterocycles. The number of carboxylic acids is 1. The third-order valence-electron chi connectivity index (χ3n) is 3.08. The molecule has 0 amide bonds. The summed E-state index contributed by atoms with van der Waals surface area (Å²) in [6.45, 7) is 2.66. The highest BCUT2D eigenvalue weighted by Gasteiger charge is 2.20. The van der Waals surface area contributed by atoms with Crippen molar-refractivity contribution in [3.63, 3.8) is 0 Å². The molecule has 1 aromatic carbocycles. The number of nitrogens with zero attached hydrogens (tertiary/aromatic N) is 1. The molecule has 3 rings (SSSR count). The van der Waals surface area contributed by atoms with E-state index in [4.69, 9.17) is 26.2 Å². The topological polar surface area (TPSA) is 68.7 Å². The van der Waals surface area contributed by atoms with Gasteiger partial charge >= 0.3 is 5.97 Å². The molecule has 0 spiro atoms. The van der Waals surface area contributed by atoms with Crippen molar-refractivity contribution >= 4 is 28.5 Å². The van der Waals surface area contributed by atoms with Crippen LogP contribution in [0.2, 0.25) is 5.15 Å². The highest BCUT2D eigenvalue weighted by molar-refractivity contribution is 6.33. The molecule has 6 heteroatoms. The van der Waals surface area contributed by atoms with Gasteiger partial charge in [-0.2, -0.15) is 0 Å². The van der Waals surface area contributed by atoms with Crippen LogP contribution < -0.4 is 9.47 Å². The summed E-state index contributed by atoms with van der Waals surface area (Å²) >= 11 is 5.92. The average Bonchev–Trinajstić information content (AvgIpc) is 2.36. The predicted octanol–water partition coefficient (Wildman–Crippen LogP) is 2.67. The quantitative estimate of drug-likeness (QED) is 0.813. The second-order valence-electron chi connectivity index (χ2n) is 4.22. The first-order valence-corrected chi connectivity index (χ1v) is 6.08. The molecule has 19 heavy (non-hydrogen) atoms. The summed E-state index contributed by atoms with van der Waals surface area (Å²) in [6.07, 6.45) is 0. The highest BCUT2D eigenvalue weighted by atomic mass is 35.5. The van der Waals surface area contributed by atoms with Gasteiger partial charge in [-0.25, -0.2) is 9.78 Å². The van der Waals surface area contributed by atoms with Crippen molar-refractivity contribution in [2.24, 2.45) is 0 Å². The molecule has 0 radical (unpaired) electrons. The van der Waals surface area contributed by atoms with Crippen molar-refractivity contribution < 1.29 is 19.4 Å². The lowest BCUT2D eigenvalue weighted by atomic mass is 10.0. The molecule has 2 heterocycles. The largest absolute Gasteiger partial charge is 0.486 e. The van der Waals surface area contributed by atoms with Gasteiger partial charge in [0.2, 0.25) is 0 Å². The van der Waals surface area contributed by atoms with E-state index in [1.807, 2.05) is 0 Å². The zero-order valence-electron chi connectivity index (χ0n) is 10.1. The van der Waals surface area contributed by atoms with Crippen molar-refractivity contribution in [1.82, 2.24) is 4.98 Å². The first-order valence-electron chi connectivity index (χ1n) is 5.70. The van der Waals surface area contributed by atoms with E-state index in [0.717, 1.165) is 0 Å². The second-order valence-corrected chi connectivity index (χ2v) is 4.58. The Kier molecular flexibility index (Phi) is 2.71. The minimum absolute atomic E-state index is 0.0193. The first kappa shape index (κ1) is 12.0. The number of aromatic nitrogens is 1. The minimum Gasteiger partial charge on any atom is -0.486 e. The third kappa shape index (κ3) is 1.86. The fraction of sp³-hybridized carbons (Fsp3) is 0.231. The van der Waals surface area contributed by atoms with E-state index in [-0.39, 0.29) is 10.7 Å². The van der Waals surface area contributed by atoms with Gasteiger partial charge in [-0.3, -0.25) is 0 Å². The van der Waals surface area contributed by atoms with Crippen molar-refractivity contribution in [3.05, 3.63) is 28.4 Å². The second kappa shape index (κ2) is 4.28. The molecule has 1 N–H and O–H groups in total. The number of pyridine rings is 1. The Hall–Kier alpha value is -2.01. The van der Waals surface area contributed by atoms with E-state index >= 15 is 0 Å². The Morgan fingerprint density at radius 2 is 1.95 bits per heavy atom. The molecular weight excluding hydrogens is 270 g/mol. The van der Waals surface area contributed by atoms with E-state index < -0.39 is 5.97 Å². The Bertz CT molecular complexity index is 699. The Labute approximate surface area is 113 Å². The SMILES string of the molecule is Cc1c(C(=O)O)c(Cl)nc2cc3c(cc12)OCCO3. The number of benzene rings is 1. The molecule has 1 aliphatic rings. The van der Waals surface area contributed by atoms with Crippen LogP contribution in [0.5, 0.6) is 11.5 Å². The molecule has 1 aliphatic heterocycles. The molecule has 5 nitrogen and oxygen atoms in total. The van der Waals surface area contributed by atoms with E-state index in [1.165, 1.54) is 0 Å². The molecule has 0 fully saturated rings. The molecule has 0 saturated carbocycles. The summed E-state index contributed by atoms with van der Waals surface area (Å²) in [4.78, 5) is 15.3. The fourth-order valence-corrected chi connectivity index (χ4v) is 2.48. The number of aromatic carboxylic acids is 1. The van der Waals surface area contributed by atoms with Crippen LogP contribution in [0.25, 0.3) is 10.9 Å². The Morgan fingerprint density at radius 1 is 1.32 bits per heavy atom. The molecule has 98 valence electrons. The normalized spacial score (nSPS) is 13.6. The van der Waals surface area contributed by atoms with Crippen LogP contribution in [-0.4, -0.2) is 29.3 Å². The number of rotatable bonds is 1. The lowest BCUT2D eigenvalue weighted by Crippen LogP contribution is -2.15. The lowest BCUT2D eigenvalue weighted by molar-refractivity contribution is 0.0696. The summed E-state index contributed by atoms with van der Waals surface area (Å²) in [5.74, 6) is 0.110. The van der Waals surface area contributed by atoms with Crippen LogP contribution in [0.4, 0.5) is 0 Å². The van der Waals surface area contributed by atoms with Gasteiger partial charge in [-0.05, 0) is 18.6 Å². The Balaban J connectivity index is 2.33. The van der Waals surface area contributed by atoms with Crippen LogP contribution in [0.15, 0.2) is 12.1 Å². The molecule has 0 unspecified atom stereocenters. The average molecular weight is 280 g/mol. The van der Waals surface area contributed by atoms with Gasteiger partial charge in [-0.15, -0.1) is 0 Å². The maximum absolute atomic E-state index is 11.2. The number of aryl methyl sites for hydroxylation is 1. The number of fused-ring (bicyclic) bond motifs is 2. The van der Waals surface area contributed by atoms with E-state index in [1.54, 1.807) is 19.1 Å². The first-order chi connectivity index (χ1) is 9.08. The van der Waals surface area contributed by atoms with Gasteiger partial charge in [0.15, 0.2) is 11.5 Å². The van der Waals surface area contributed by atoms with Crippen LogP contribution in [0.3, 0.4) is 0 Å². The summed E-state index contributed by atoms with van der Waals surface area (Å²) < 4.78 is 10.9. The van der Waals surface area contributed by atoms with Crippen LogP contribution in [-0.2, 0) is 0 Å². The van der Waals surface area contributed by atoms with E-state index in [9.17, 15) is 4.79 Å². The highest BCUT2D eigenvalue weighted by Crippen LogP contribution is 2.36. The molecule has 0 aliphatic carbocycles. The van der Waals surface area contributed by atoms with Crippen molar-refractivity contribution in [1.29, 1.82) is 0 Å². The number of hydrogen-bond acceptors (Lipinski definition) is 4. The maximum Gasteiger partial charge on any atom is 0.339 e. The van der Waals surface area contributed by atoms with Gasteiger partial charge in [0.05, 0.1) is 5.52 Å². The van der Waals surface area contributed by atoms with E-state index in [0.29, 0.717) is 41.2 Å². The van der Waals surface area contributed by atoms with Gasteiger partial charge in [-0.1, -0.05) is 11.6 Å². The summed E-state index contributed by atoms with van der Waals surface area (Å²) in [6, 6.07) is 3.46. The zero-order chi connectivity index (χ0) is 13.6. The van der Waals surface area contributed by atoms with Crippen molar-refractivity contribution in [3.8, 4) is 11.5 Å². The number of carboxylic acid groups (broad SMARTS) is 1. The van der Waals surface area contributed by atoms with Crippen molar-refractivity contribution in [2.45, 2.75) is 6.92 Å². The molecule has 2 aromatic rings. The van der Waals surface area contributed by atoms with E-state index in [2.05, 4.69) is 4.98 Å².